The van der Waals surface area contributed by atoms with Gasteiger partial charge in [-0.2, -0.15) is 0 Å². The number of hydrogen-bond donors (Lipinski definition) is 4. The molecule has 1 atom stereocenters. The zero-order valence-corrected chi connectivity index (χ0v) is 13.8. The van der Waals surface area contributed by atoms with Crippen LogP contribution in [0.1, 0.15) is 45.4 Å². The first-order valence-corrected chi connectivity index (χ1v) is 5.42. The zero-order chi connectivity index (χ0) is 13.7. The van der Waals surface area contributed by atoms with Gasteiger partial charge in [-0.05, 0) is 25.2 Å². The van der Waals surface area contributed by atoms with Crippen LogP contribution in [0.4, 0.5) is 0 Å². The molecule has 0 aromatic heterocycles. The number of unbranched alkanes of at least 4 members (excludes halogenated alkanes) is 3. The first kappa shape index (κ1) is 36.7. The van der Waals surface area contributed by atoms with Gasteiger partial charge in [-0.25, -0.2) is 7.69 Å². The molecule has 0 saturated carbocycles. The molecule has 0 saturated heterocycles. The Balaban J connectivity index is -0.0000000738. The normalized spacial score (nSPS) is 8.90. The molecule has 0 bridgehead atoms. The molecule has 11 heteroatoms. The van der Waals surface area contributed by atoms with Crippen molar-refractivity contribution < 1.29 is 29.9 Å². The lowest BCUT2D eigenvalue weighted by Crippen LogP contribution is -2.29. The van der Waals surface area contributed by atoms with Crippen LogP contribution in [0.25, 0.3) is 0 Å². The third-order valence-electron chi connectivity index (χ3n) is 2.17. The number of carbonyl (C=O) groups is 2. The van der Waals surface area contributed by atoms with E-state index in [-0.39, 0.29) is 31.0 Å². The molecule has 0 aliphatic carbocycles. The third-order valence-corrected chi connectivity index (χ3v) is 2.17. The van der Waals surface area contributed by atoms with Crippen LogP contribution in [0.15, 0.2) is 0 Å². The van der Waals surface area contributed by atoms with Gasteiger partial charge in [0.2, 0.25) is 0 Å². The van der Waals surface area contributed by atoms with Gasteiger partial charge in [0, 0.05) is 11.9 Å². The van der Waals surface area contributed by atoms with Gasteiger partial charge < -0.3 is 54.5 Å². The van der Waals surface area contributed by atoms with Crippen LogP contribution >= 0.6 is 0 Å². The van der Waals surface area contributed by atoms with Crippen molar-refractivity contribution in [2.75, 3.05) is 0 Å². The molecular weight excluding hydrogens is 283 g/mol. The highest BCUT2D eigenvalue weighted by Gasteiger charge is 2.01. The number of hydrogen-bond acceptors (Lipinski definition) is 6. The van der Waals surface area contributed by atoms with E-state index in [1.807, 2.05) is 0 Å². The minimum atomic E-state index is -1.02. The van der Waals surface area contributed by atoms with Crippen LogP contribution in [0.3, 0.4) is 0 Å². The van der Waals surface area contributed by atoms with Crippen molar-refractivity contribution in [1.82, 2.24) is 24.6 Å². The lowest BCUT2D eigenvalue weighted by atomic mass is 10.0. The standard InChI is InChI=1S/C10H18O4.BO2.4H3N/c1-8(10(13)14)6-4-2-3-5-7-9(11)12;2-1-3;;;;/h8H,2-7H2,1H3,(H,11,12)(H,13,14);;4*1H3/q;-2;;;;/p+2. The minimum Gasteiger partial charge on any atom is -0.900 e. The van der Waals surface area contributed by atoms with Crippen molar-refractivity contribution in [3.8, 4) is 0 Å². The Kier molecular flexibility index (Phi) is 47.5. The summed E-state index contributed by atoms with van der Waals surface area (Å²) in [6, 6.07) is 0. The zero-order valence-electron chi connectivity index (χ0n) is 13.8. The van der Waals surface area contributed by atoms with Crippen molar-refractivity contribution in [3.63, 3.8) is 0 Å². The smallest absolute Gasteiger partial charge is 0.0442 e. The summed E-state index contributed by atoms with van der Waals surface area (Å²) in [5, 5.41) is 36.8. The first-order valence-electron chi connectivity index (χ1n) is 5.42. The van der Waals surface area contributed by atoms with Gasteiger partial charge in [-0.3, -0.25) is 0 Å². The van der Waals surface area contributed by atoms with Gasteiger partial charge in [-0.1, -0.05) is 26.2 Å². The molecule has 16 N–H and O–H groups in total. The molecule has 21 heavy (non-hydrogen) atoms. The molecule has 0 amide bonds. The summed E-state index contributed by atoms with van der Waals surface area (Å²) >= 11 is 0. The molecule has 0 aromatic carbocycles. The fourth-order valence-electron chi connectivity index (χ4n) is 1.19. The lowest BCUT2D eigenvalue weighted by molar-refractivity contribution is -0.328. The summed E-state index contributed by atoms with van der Waals surface area (Å²) in [4.78, 5) is 20.3. The van der Waals surface area contributed by atoms with Crippen molar-refractivity contribution in [1.29, 1.82) is 0 Å². The van der Waals surface area contributed by atoms with Crippen LogP contribution in [-0.2, 0) is 9.59 Å². The van der Waals surface area contributed by atoms with Crippen LogP contribution in [0.2, 0.25) is 0 Å². The molecule has 131 valence electrons. The first-order chi connectivity index (χ1) is 7.95. The average Bonchev–Trinajstić information content (AvgIpc) is 2.23. The summed E-state index contributed by atoms with van der Waals surface area (Å²) in [6.07, 6.45) is 3.80. The Bertz CT molecular complexity index is 224. The largest absolute Gasteiger partial charge is 0.900 e. The van der Waals surface area contributed by atoms with Gasteiger partial charge in [0.15, 0.2) is 0 Å². The fraction of sp³-hybridized carbons (Fsp3) is 0.800. The Hall–Kier alpha value is -1.24. The molecule has 0 heterocycles. The molecule has 0 aliphatic rings. The van der Waals surface area contributed by atoms with E-state index >= 15 is 0 Å². The van der Waals surface area contributed by atoms with Crippen molar-refractivity contribution >= 4 is 19.6 Å². The molecule has 0 aliphatic heterocycles. The molecule has 10 nitrogen and oxygen atoms in total. The van der Waals surface area contributed by atoms with Crippen molar-refractivity contribution in [2.45, 2.75) is 45.4 Å². The van der Waals surface area contributed by atoms with Crippen molar-refractivity contribution in [3.05, 3.63) is 0 Å². The van der Waals surface area contributed by atoms with E-state index in [0.717, 1.165) is 19.3 Å². The summed E-state index contributed by atoms with van der Waals surface area (Å²) in [5.41, 5.74) is 0. The number of carbonyl (C=O) groups excluding carboxylic acids is 2. The molecule has 0 spiro atoms. The topological polar surface area (TPSA) is 272 Å². The van der Waals surface area contributed by atoms with Crippen molar-refractivity contribution in [2.24, 2.45) is 5.92 Å². The Morgan fingerprint density at radius 2 is 1.29 bits per heavy atom. The van der Waals surface area contributed by atoms with E-state index in [1.54, 1.807) is 6.92 Å². The van der Waals surface area contributed by atoms with Crippen LogP contribution < -0.4 is 44.9 Å². The second-order valence-corrected chi connectivity index (χ2v) is 3.64. The molecular formula is C10H32BN4O6. The van der Waals surface area contributed by atoms with E-state index in [2.05, 4.69) is 0 Å². The predicted octanol–water partition coefficient (Wildman–Crippen LogP) is -1.79. The van der Waals surface area contributed by atoms with E-state index in [0.29, 0.717) is 12.8 Å². The van der Waals surface area contributed by atoms with Gasteiger partial charge in [-0.15, -0.1) is 0 Å². The molecule has 0 fully saturated rings. The number of quaternary nitrogens is 4. The molecule has 0 rings (SSSR count). The molecule has 0 aromatic rings. The highest BCUT2D eigenvalue weighted by Crippen LogP contribution is 2.10. The second-order valence-electron chi connectivity index (χ2n) is 3.64. The highest BCUT2D eigenvalue weighted by atomic mass is 16.4. The fourth-order valence-corrected chi connectivity index (χ4v) is 1.19. The second kappa shape index (κ2) is 27.2. The average molecular weight is 315 g/mol. The number of rotatable bonds is 8. The van der Waals surface area contributed by atoms with E-state index < -0.39 is 25.5 Å². The predicted molar refractivity (Wildman–Crippen MR) is 76.6 cm³/mol. The maximum absolute atomic E-state index is 10.3. The minimum absolute atomic E-state index is 0. The van der Waals surface area contributed by atoms with E-state index in [1.165, 1.54) is 0 Å². The summed E-state index contributed by atoms with van der Waals surface area (Å²) in [5.74, 6) is -2.44. The highest BCUT2D eigenvalue weighted by molar-refractivity contribution is 6.08. The lowest BCUT2D eigenvalue weighted by Gasteiger charge is -2.11. The maximum atomic E-state index is 10.3. The number of aliphatic carboxylic acids is 2. The quantitative estimate of drug-likeness (QED) is 0.296. The molecule has 1 unspecified atom stereocenters. The number of carboxylic acid groups (broad SMARTS) is 2. The summed E-state index contributed by atoms with van der Waals surface area (Å²) in [6.45, 7) is 1.62. The van der Waals surface area contributed by atoms with Gasteiger partial charge in [0.25, 0.3) is 0 Å². The third kappa shape index (κ3) is 38.1. The van der Waals surface area contributed by atoms with E-state index in [9.17, 15) is 19.8 Å². The molecule has 1 radical (unpaired) electrons. The maximum Gasteiger partial charge on any atom is 0.0442 e. The summed E-state index contributed by atoms with van der Waals surface area (Å²) < 4.78 is 0. The number of carboxylic acids is 2. The van der Waals surface area contributed by atoms with Gasteiger partial charge in [0.1, 0.15) is 0 Å². The van der Waals surface area contributed by atoms with Crippen LogP contribution in [0.5, 0.6) is 0 Å². The van der Waals surface area contributed by atoms with Crippen LogP contribution in [0, 0.1) is 5.92 Å². The van der Waals surface area contributed by atoms with Gasteiger partial charge in [0.05, 0.1) is 0 Å². The van der Waals surface area contributed by atoms with Crippen LogP contribution in [-0.4, -0.2) is 19.6 Å². The SMILES string of the molecule is CC(CCCCCCC(=O)[O-])C(=O)[O-].[NH4+].[NH4+].[NH4+].[NH4+].[O-][B][O-]. The van der Waals surface area contributed by atoms with Gasteiger partial charge >= 0.3 is 0 Å². The Morgan fingerprint density at radius 3 is 1.62 bits per heavy atom. The Labute approximate surface area is 126 Å². The summed E-state index contributed by atoms with van der Waals surface area (Å²) in [7, 11) is -0.500. The van der Waals surface area contributed by atoms with E-state index in [4.69, 9.17) is 10.0 Å². The Morgan fingerprint density at radius 1 is 0.905 bits per heavy atom. The monoisotopic (exact) mass is 315 g/mol.